The minimum Gasteiger partial charge on any atom is -0.280 e. The molecule has 0 bridgehead atoms. The van der Waals surface area contributed by atoms with Crippen LogP contribution in [0.4, 0.5) is 13.2 Å². The van der Waals surface area contributed by atoms with Crippen molar-refractivity contribution in [1.82, 2.24) is 0 Å². The van der Waals surface area contributed by atoms with E-state index >= 15 is 0 Å². The first-order valence-corrected chi connectivity index (χ1v) is 3.52. The average Bonchev–Trinajstić information content (AvgIpc) is 1.60. The van der Waals surface area contributed by atoms with Crippen molar-refractivity contribution in [2.45, 2.75) is 17.4 Å². The third-order valence-corrected chi connectivity index (χ3v) is 1.92. The highest BCUT2D eigenvalue weighted by atomic mass is 79.9. The monoisotopic (exact) mass is 238 g/mol. The second kappa shape index (κ2) is 3.57. The molecule has 10 heavy (non-hydrogen) atoms. The highest BCUT2D eigenvalue weighted by Crippen LogP contribution is 2.25. The number of rotatable bonds is 2. The molecule has 0 saturated carbocycles. The van der Waals surface area contributed by atoms with E-state index in [9.17, 15) is 18.0 Å². The Kier molecular flexibility index (Phi) is 3.65. The summed E-state index contributed by atoms with van der Waals surface area (Å²) in [6.07, 6.45) is -5.58. The zero-order chi connectivity index (χ0) is 8.36. The van der Waals surface area contributed by atoms with Crippen LogP contribution >= 0.6 is 27.5 Å². The Labute approximate surface area is 68.7 Å². The van der Waals surface area contributed by atoms with Gasteiger partial charge in [0.1, 0.15) is 0 Å². The highest BCUT2D eigenvalue weighted by molar-refractivity contribution is 9.10. The smallest absolute Gasteiger partial charge is 0.280 e. The molecule has 60 valence electrons. The van der Waals surface area contributed by atoms with Gasteiger partial charge in [-0.1, -0.05) is 15.9 Å². The first-order chi connectivity index (χ1) is 4.33. The predicted molar refractivity (Wildman–Crippen MR) is 34.2 cm³/mol. The Balaban J connectivity index is 3.80. The fourth-order valence-electron chi connectivity index (χ4n) is 0.283. The van der Waals surface area contributed by atoms with Crippen molar-refractivity contribution in [3.8, 4) is 0 Å². The molecule has 0 fully saturated rings. The molecule has 0 rings (SSSR count). The van der Waals surface area contributed by atoms with E-state index in [0.29, 0.717) is 0 Å². The van der Waals surface area contributed by atoms with E-state index in [1.807, 2.05) is 0 Å². The lowest BCUT2D eigenvalue weighted by molar-refractivity contribution is -0.138. The van der Waals surface area contributed by atoms with Gasteiger partial charge in [0, 0.05) is 0 Å². The van der Waals surface area contributed by atoms with Crippen LogP contribution in [0.15, 0.2) is 0 Å². The zero-order valence-electron chi connectivity index (χ0n) is 4.58. The number of carbonyl (C=O) groups is 1. The van der Waals surface area contributed by atoms with Gasteiger partial charge in [0.05, 0.1) is 11.2 Å². The van der Waals surface area contributed by atoms with E-state index in [2.05, 4.69) is 15.9 Å². The van der Waals surface area contributed by atoms with E-state index < -0.39 is 22.7 Å². The first-order valence-electron chi connectivity index (χ1n) is 2.23. The lowest BCUT2D eigenvalue weighted by Gasteiger charge is -2.07. The quantitative estimate of drug-likeness (QED) is 0.534. The molecule has 0 aliphatic carbocycles. The summed E-state index contributed by atoms with van der Waals surface area (Å²) in [7, 11) is 0. The molecule has 0 aromatic heterocycles. The average molecular weight is 239 g/mol. The van der Waals surface area contributed by atoms with Crippen molar-refractivity contribution in [2.24, 2.45) is 0 Å². The molecule has 0 heterocycles. The zero-order valence-corrected chi connectivity index (χ0v) is 6.92. The molecular weight excluding hydrogens is 236 g/mol. The van der Waals surface area contributed by atoms with Gasteiger partial charge in [-0.2, -0.15) is 13.2 Å². The molecule has 0 aliphatic heterocycles. The van der Waals surface area contributed by atoms with Gasteiger partial charge in [0.15, 0.2) is 0 Å². The van der Waals surface area contributed by atoms with Crippen LogP contribution in [-0.4, -0.2) is 16.2 Å². The minimum atomic E-state index is -4.35. The van der Waals surface area contributed by atoms with Crippen molar-refractivity contribution in [2.75, 3.05) is 0 Å². The van der Waals surface area contributed by atoms with Crippen molar-refractivity contribution in [3.05, 3.63) is 0 Å². The Morgan fingerprint density at radius 1 is 1.60 bits per heavy atom. The number of carbonyl (C=O) groups excluding carboxylic acids is 1. The van der Waals surface area contributed by atoms with E-state index in [1.54, 1.807) is 0 Å². The summed E-state index contributed by atoms with van der Waals surface area (Å²) in [6.45, 7) is 0. The van der Waals surface area contributed by atoms with E-state index in [1.165, 1.54) is 0 Å². The third kappa shape index (κ3) is 5.05. The summed E-state index contributed by atoms with van der Waals surface area (Å²) in [4.78, 5) is 8.72. The molecule has 0 radical (unpaired) electrons. The molecule has 0 aromatic carbocycles. The van der Waals surface area contributed by atoms with E-state index in [-0.39, 0.29) is 0 Å². The third-order valence-electron chi connectivity index (χ3n) is 0.657. The van der Waals surface area contributed by atoms with Gasteiger partial charge in [-0.25, -0.2) is 0 Å². The van der Waals surface area contributed by atoms with Gasteiger partial charge in [-0.3, -0.25) is 4.79 Å². The largest absolute Gasteiger partial charge is 0.390 e. The lowest BCUT2D eigenvalue weighted by Crippen LogP contribution is -2.18. The van der Waals surface area contributed by atoms with Crippen LogP contribution < -0.4 is 0 Å². The fraction of sp³-hybridized carbons (Fsp3) is 0.750. The molecule has 0 amide bonds. The summed E-state index contributed by atoms with van der Waals surface area (Å²) in [5, 5.41) is -1.03. The summed E-state index contributed by atoms with van der Waals surface area (Å²) in [6, 6.07) is 0. The second-order valence-corrected chi connectivity index (χ2v) is 3.07. The number of hydrogen-bond acceptors (Lipinski definition) is 1. The molecule has 1 nitrogen and oxygen atoms in total. The van der Waals surface area contributed by atoms with Gasteiger partial charge in [0.2, 0.25) is 5.24 Å². The summed E-state index contributed by atoms with van der Waals surface area (Å²) >= 11 is 7.22. The van der Waals surface area contributed by atoms with Crippen molar-refractivity contribution < 1.29 is 18.0 Å². The normalized spacial score (nSPS) is 14.9. The van der Waals surface area contributed by atoms with Gasteiger partial charge < -0.3 is 0 Å². The standard InChI is InChI=1S/C4H3BrClF3O/c5-2(3(6)10)1-4(7,8)9/h2H,1H2. The maximum atomic E-state index is 11.4. The predicted octanol–water partition coefficient (Wildman–Crippen LogP) is 2.47. The van der Waals surface area contributed by atoms with Gasteiger partial charge in [-0.15, -0.1) is 0 Å². The first kappa shape index (κ1) is 10.2. The molecule has 0 saturated heterocycles. The fourth-order valence-corrected chi connectivity index (χ4v) is 0.728. The van der Waals surface area contributed by atoms with Crippen LogP contribution in [0.5, 0.6) is 0 Å². The number of halogens is 5. The molecule has 0 spiro atoms. The van der Waals surface area contributed by atoms with Crippen LogP contribution in [0.3, 0.4) is 0 Å². The van der Waals surface area contributed by atoms with Crippen molar-refractivity contribution in [3.63, 3.8) is 0 Å². The maximum absolute atomic E-state index is 11.4. The second-order valence-electron chi connectivity index (χ2n) is 1.59. The van der Waals surface area contributed by atoms with Crippen molar-refractivity contribution in [1.29, 1.82) is 0 Å². The molecule has 6 heteroatoms. The van der Waals surface area contributed by atoms with Crippen LogP contribution in [0, 0.1) is 0 Å². The van der Waals surface area contributed by atoms with Gasteiger partial charge in [-0.05, 0) is 11.6 Å². The summed E-state index contributed by atoms with van der Waals surface area (Å²) < 4.78 is 34.3. The van der Waals surface area contributed by atoms with Crippen LogP contribution in [0.1, 0.15) is 6.42 Å². The molecule has 0 aromatic rings. The number of alkyl halides is 4. The Bertz CT molecular complexity index is 135. The van der Waals surface area contributed by atoms with Crippen LogP contribution in [0.25, 0.3) is 0 Å². The van der Waals surface area contributed by atoms with Gasteiger partial charge in [0.25, 0.3) is 0 Å². The van der Waals surface area contributed by atoms with Crippen LogP contribution in [0.2, 0.25) is 0 Å². The van der Waals surface area contributed by atoms with Gasteiger partial charge >= 0.3 is 6.18 Å². The lowest BCUT2D eigenvalue weighted by atomic mass is 10.3. The maximum Gasteiger partial charge on any atom is 0.390 e. The Morgan fingerprint density at radius 3 is 2.10 bits per heavy atom. The minimum absolute atomic E-state index is 1.03. The summed E-state index contributed by atoms with van der Waals surface area (Å²) in [5.74, 6) is 0. The van der Waals surface area contributed by atoms with E-state index in [4.69, 9.17) is 11.6 Å². The molecule has 0 aliphatic rings. The number of hydrogen-bond donors (Lipinski definition) is 0. The van der Waals surface area contributed by atoms with Crippen LogP contribution in [-0.2, 0) is 4.79 Å². The summed E-state index contributed by atoms with van der Waals surface area (Å²) in [5.41, 5.74) is 0. The van der Waals surface area contributed by atoms with Crippen molar-refractivity contribution >= 4 is 32.8 Å². The molecular formula is C4H3BrClF3O. The topological polar surface area (TPSA) is 17.1 Å². The molecule has 1 unspecified atom stereocenters. The SMILES string of the molecule is O=C(Cl)C(Br)CC(F)(F)F. The highest BCUT2D eigenvalue weighted by Gasteiger charge is 2.33. The molecule has 1 atom stereocenters. The Morgan fingerprint density at radius 2 is 2.00 bits per heavy atom. The van der Waals surface area contributed by atoms with E-state index in [0.717, 1.165) is 0 Å². The molecule has 0 N–H and O–H groups in total. The Hall–Kier alpha value is 0.230.